The molecule has 1 aliphatic rings. The number of rotatable bonds is 2. The molecule has 24 heavy (non-hydrogen) atoms. The lowest BCUT2D eigenvalue weighted by Gasteiger charge is -2.13. The maximum atomic E-state index is 12.2. The topological polar surface area (TPSA) is 76.5 Å². The minimum absolute atomic E-state index is 0.00368. The number of pyridine rings is 1. The SMILES string of the molecule is Cc1nn(C)c2ncc(C=Cc3nc4c(c(=O)[nH]3)CCCC4)cc12. The van der Waals surface area contributed by atoms with E-state index in [2.05, 4.69) is 26.1 Å². The Labute approximate surface area is 139 Å². The van der Waals surface area contributed by atoms with Crippen molar-refractivity contribution in [2.45, 2.75) is 32.6 Å². The molecular formula is C18H19N5O. The average molecular weight is 321 g/mol. The van der Waals surface area contributed by atoms with E-state index in [9.17, 15) is 4.79 Å². The minimum Gasteiger partial charge on any atom is -0.307 e. The zero-order valence-corrected chi connectivity index (χ0v) is 13.8. The Bertz CT molecular complexity index is 1010. The lowest BCUT2D eigenvalue weighted by atomic mass is 9.97. The third kappa shape index (κ3) is 2.54. The summed E-state index contributed by atoms with van der Waals surface area (Å²) in [5.74, 6) is 0.601. The predicted octanol–water partition coefficient (Wildman–Crippen LogP) is 2.41. The first kappa shape index (κ1) is 14.8. The average Bonchev–Trinajstić information content (AvgIpc) is 2.87. The highest BCUT2D eigenvalue weighted by Crippen LogP contribution is 2.18. The first-order valence-electron chi connectivity index (χ1n) is 8.21. The molecule has 6 nitrogen and oxygen atoms in total. The van der Waals surface area contributed by atoms with E-state index >= 15 is 0 Å². The first-order valence-corrected chi connectivity index (χ1v) is 8.21. The summed E-state index contributed by atoms with van der Waals surface area (Å²) in [7, 11) is 1.89. The van der Waals surface area contributed by atoms with Gasteiger partial charge in [-0.15, -0.1) is 0 Å². The molecule has 6 heteroatoms. The molecule has 0 saturated carbocycles. The third-order valence-electron chi connectivity index (χ3n) is 4.53. The lowest BCUT2D eigenvalue weighted by molar-refractivity contribution is 0.655. The van der Waals surface area contributed by atoms with Crippen LogP contribution in [0.1, 0.15) is 41.2 Å². The summed E-state index contributed by atoms with van der Waals surface area (Å²) in [5.41, 5.74) is 4.57. The fraction of sp³-hybridized carbons (Fsp3) is 0.333. The molecule has 0 radical (unpaired) electrons. The summed E-state index contributed by atoms with van der Waals surface area (Å²) < 4.78 is 1.78. The van der Waals surface area contributed by atoms with Crippen LogP contribution in [0.15, 0.2) is 17.1 Å². The standard InChI is InChI=1S/C18H19N5O/c1-11-14-9-12(10-19-17(14)23(2)22-11)7-8-16-20-15-6-4-3-5-13(15)18(24)21-16/h7-10H,3-6H2,1-2H3,(H,20,21,24). The Kier molecular flexibility index (Phi) is 3.52. The smallest absolute Gasteiger partial charge is 0.254 e. The van der Waals surface area contributed by atoms with Gasteiger partial charge in [0.1, 0.15) is 5.82 Å². The number of nitrogens with one attached hydrogen (secondary N) is 1. The molecule has 0 amide bonds. The highest BCUT2D eigenvalue weighted by molar-refractivity contribution is 5.81. The molecule has 3 heterocycles. The van der Waals surface area contributed by atoms with Crippen molar-refractivity contribution < 1.29 is 0 Å². The van der Waals surface area contributed by atoms with Gasteiger partial charge in [-0.05, 0) is 56.4 Å². The molecular weight excluding hydrogens is 302 g/mol. The van der Waals surface area contributed by atoms with Crippen LogP contribution in [0.2, 0.25) is 0 Å². The molecule has 0 aliphatic heterocycles. The highest BCUT2D eigenvalue weighted by Gasteiger charge is 2.14. The number of nitrogens with zero attached hydrogens (tertiary/aromatic N) is 4. The summed E-state index contributed by atoms with van der Waals surface area (Å²) in [6.07, 6.45) is 9.47. The summed E-state index contributed by atoms with van der Waals surface area (Å²) in [6, 6.07) is 2.05. The molecule has 0 fully saturated rings. The van der Waals surface area contributed by atoms with Crippen molar-refractivity contribution in [3.05, 3.63) is 51.0 Å². The second-order valence-electron chi connectivity index (χ2n) is 6.27. The number of hydrogen-bond donors (Lipinski definition) is 1. The number of aromatic nitrogens is 5. The lowest BCUT2D eigenvalue weighted by Crippen LogP contribution is -2.21. The maximum absolute atomic E-state index is 12.2. The Hall–Kier alpha value is -2.76. The molecule has 0 atom stereocenters. The van der Waals surface area contributed by atoms with Gasteiger partial charge in [0.25, 0.3) is 5.56 Å². The fourth-order valence-corrected chi connectivity index (χ4v) is 3.29. The molecule has 0 saturated heterocycles. The van der Waals surface area contributed by atoms with Gasteiger partial charge in [-0.2, -0.15) is 5.10 Å². The van der Waals surface area contributed by atoms with E-state index in [0.717, 1.165) is 59.2 Å². The van der Waals surface area contributed by atoms with Gasteiger partial charge in [0.15, 0.2) is 5.65 Å². The van der Waals surface area contributed by atoms with Gasteiger partial charge in [-0.1, -0.05) is 0 Å². The highest BCUT2D eigenvalue weighted by atomic mass is 16.1. The Balaban J connectivity index is 1.69. The molecule has 1 N–H and O–H groups in total. The van der Waals surface area contributed by atoms with Crippen LogP contribution in [0.4, 0.5) is 0 Å². The molecule has 122 valence electrons. The van der Waals surface area contributed by atoms with Crippen molar-refractivity contribution in [2.24, 2.45) is 7.05 Å². The van der Waals surface area contributed by atoms with Crippen molar-refractivity contribution in [3.63, 3.8) is 0 Å². The first-order chi connectivity index (χ1) is 11.6. The van der Waals surface area contributed by atoms with E-state index < -0.39 is 0 Å². The van der Waals surface area contributed by atoms with Crippen LogP contribution in [-0.4, -0.2) is 24.7 Å². The number of hydrogen-bond acceptors (Lipinski definition) is 4. The number of H-pyrrole nitrogens is 1. The van der Waals surface area contributed by atoms with Crippen LogP contribution in [0.3, 0.4) is 0 Å². The van der Waals surface area contributed by atoms with Gasteiger partial charge in [0.05, 0.1) is 11.4 Å². The Morgan fingerprint density at radius 1 is 1.25 bits per heavy atom. The van der Waals surface area contributed by atoms with E-state index in [0.29, 0.717) is 5.82 Å². The van der Waals surface area contributed by atoms with Gasteiger partial charge < -0.3 is 4.98 Å². The van der Waals surface area contributed by atoms with Gasteiger partial charge in [-0.25, -0.2) is 9.97 Å². The van der Waals surface area contributed by atoms with Gasteiger partial charge in [0.2, 0.25) is 0 Å². The summed E-state index contributed by atoms with van der Waals surface area (Å²) in [4.78, 5) is 24.1. The molecule has 0 aromatic carbocycles. The zero-order chi connectivity index (χ0) is 16.7. The van der Waals surface area contributed by atoms with Crippen molar-refractivity contribution in [3.8, 4) is 0 Å². The third-order valence-corrected chi connectivity index (χ3v) is 4.53. The maximum Gasteiger partial charge on any atom is 0.254 e. The zero-order valence-electron chi connectivity index (χ0n) is 13.8. The van der Waals surface area contributed by atoms with Crippen molar-refractivity contribution in [1.29, 1.82) is 0 Å². The van der Waals surface area contributed by atoms with Gasteiger partial charge in [0, 0.05) is 24.2 Å². The van der Waals surface area contributed by atoms with Crippen LogP contribution in [0.25, 0.3) is 23.2 Å². The van der Waals surface area contributed by atoms with Crippen LogP contribution < -0.4 is 5.56 Å². The molecule has 4 rings (SSSR count). The van der Waals surface area contributed by atoms with Crippen molar-refractivity contribution in [1.82, 2.24) is 24.7 Å². The van der Waals surface area contributed by atoms with Crippen LogP contribution in [0.5, 0.6) is 0 Å². The van der Waals surface area contributed by atoms with E-state index in [4.69, 9.17) is 0 Å². The molecule has 0 spiro atoms. The number of aryl methyl sites for hydroxylation is 3. The summed E-state index contributed by atoms with van der Waals surface area (Å²) >= 11 is 0. The second kappa shape index (κ2) is 5.70. The predicted molar refractivity (Wildman–Crippen MR) is 93.7 cm³/mol. The molecule has 3 aromatic rings. The Morgan fingerprint density at radius 2 is 2.08 bits per heavy atom. The van der Waals surface area contributed by atoms with E-state index in [1.54, 1.807) is 10.9 Å². The fourth-order valence-electron chi connectivity index (χ4n) is 3.29. The monoisotopic (exact) mass is 321 g/mol. The normalized spacial score (nSPS) is 14.4. The molecule has 1 aliphatic carbocycles. The Morgan fingerprint density at radius 3 is 2.96 bits per heavy atom. The number of aromatic amines is 1. The van der Waals surface area contributed by atoms with Crippen molar-refractivity contribution in [2.75, 3.05) is 0 Å². The van der Waals surface area contributed by atoms with Gasteiger partial charge in [-0.3, -0.25) is 9.48 Å². The second-order valence-corrected chi connectivity index (χ2v) is 6.27. The van der Waals surface area contributed by atoms with E-state index in [-0.39, 0.29) is 5.56 Å². The van der Waals surface area contributed by atoms with E-state index in [1.807, 2.05) is 26.1 Å². The van der Waals surface area contributed by atoms with Crippen LogP contribution in [0, 0.1) is 6.92 Å². The van der Waals surface area contributed by atoms with Crippen LogP contribution in [-0.2, 0) is 19.9 Å². The minimum atomic E-state index is -0.00368. The van der Waals surface area contributed by atoms with Gasteiger partial charge >= 0.3 is 0 Å². The largest absolute Gasteiger partial charge is 0.307 e. The van der Waals surface area contributed by atoms with Crippen molar-refractivity contribution >= 4 is 23.2 Å². The summed E-state index contributed by atoms with van der Waals surface area (Å²) in [5, 5.41) is 5.41. The molecule has 3 aromatic heterocycles. The summed E-state index contributed by atoms with van der Waals surface area (Å²) in [6.45, 7) is 1.97. The van der Waals surface area contributed by atoms with Crippen LogP contribution >= 0.6 is 0 Å². The van der Waals surface area contributed by atoms with E-state index in [1.165, 1.54) is 0 Å². The molecule has 0 unspecified atom stereocenters. The number of fused-ring (bicyclic) bond motifs is 2. The quantitative estimate of drug-likeness (QED) is 0.786. The molecule has 0 bridgehead atoms.